The van der Waals surface area contributed by atoms with Crippen molar-refractivity contribution in [2.24, 2.45) is 11.8 Å². The number of hydrogen-bond acceptors (Lipinski definition) is 2. The quantitative estimate of drug-likeness (QED) is 0.848. The Hall–Kier alpha value is -0.570. The van der Waals surface area contributed by atoms with Gasteiger partial charge in [-0.2, -0.15) is 0 Å². The van der Waals surface area contributed by atoms with Crippen molar-refractivity contribution in [3.05, 3.63) is 0 Å². The highest BCUT2D eigenvalue weighted by Crippen LogP contribution is 2.27. The van der Waals surface area contributed by atoms with Gasteiger partial charge in [0.1, 0.15) is 0 Å². The third-order valence-corrected chi connectivity index (χ3v) is 4.71. The molecule has 0 aromatic carbocycles. The van der Waals surface area contributed by atoms with E-state index >= 15 is 0 Å². The summed E-state index contributed by atoms with van der Waals surface area (Å²) in [5.41, 5.74) is 0. The van der Waals surface area contributed by atoms with Crippen molar-refractivity contribution in [3.8, 4) is 0 Å². The molecule has 19 heavy (non-hydrogen) atoms. The van der Waals surface area contributed by atoms with E-state index in [9.17, 15) is 4.79 Å². The molecule has 0 spiro atoms. The van der Waals surface area contributed by atoms with Crippen LogP contribution in [0.1, 0.15) is 58.8 Å². The zero-order chi connectivity index (χ0) is 13.7. The van der Waals surface area contributed by atoms with E-state index in [1.165, 1.54) is 32.1 Å². The van der Waals surface area contributed by atoms with Gasteiger partial charge in [-0.05, 0) is 58.5 Å². The van der Waals surface area contributed by atoms with Crippen LogP contribution in [0.5, 0.6) is 0 Å². The van der Waals surface area contributed by atoms with Crippen molar-refractivity contribution in [2.45, 2.75) is 64.8 Å². The van der Waals surface area contributed by atoms with E-state index in [-0.39, 0.29) is 0 Å². The van der Waals surface area contributed by atoms with Gasteiger partial charge in [0, 0.05) is 18.5 Å². The molecule has 1 heterocycles. The van der Waals surface area contributed by atoms with E-state index in [1.54, 1.807) is 0 Å². The highest BCUT2D eigenvalue weighted by atomic mass is 16.2. The van der Waals surface area contributed by atoms with Gasteiger partial charge in [-0.3, -0.25) is 4.79 Å². The van der Waals surface area contributed by atoms with Crippen LogP contribution in [0.25, 0.3) is 0 Å². The minimum Gasteiger partial charge on any atom is -0.340 e. The lowest BCUT2D eigenvalue weighted by Gasteiger charge is -2.36. The lowest BCUT2D eigenvalue weighted by atomic mass is 9.87. The Morgan fingerprint density at radius 3 is 2.47 bits per heavy atom. The van der Waals surface area contributed by atoms with E-state index in [0.29, 0.717) is 23.8 Å². The summed E-state index contributed by atoms with van der Waals surface area (Å²) in [4.78, 5) is 14.9. The van der Waals surface area contributed by atoms with Gasteiger partial charge in [-0.25, -0.2) is 0 Å². The Balaban J connectivity index is 1.91. The van der Waals surface area contributed by atoms with Crippen LogP contribution in [0.2, 0.25) is 0 Å². The monoisotopic (exact) mass is 266 g/mol. The molecule has 1 amide bonds. The zero-order valence-electron chi connectivity index (χ0n) is 12.7. The smallest absolute Gasteiger partial charge is 0.225 e. The summed E-state index contributed by atoms with van der Waals surface area (Å²) < 4.78 is 0. The summed E-state index contributed by atoms with van der Waals surface area (Å²) in [7, 11) is 0. The minimum atomic E-state index is 0.313. The standard InChI is InChI=1S/C16H30N2O/c1-13(2)18(12-14-7-6-10-17-11-14)16(19)15-8-4-3-5-9-15/h13-15,17H,3-12H2,1-2H3. The Morgan fingerprint density at radius 1 is 1.16 bits per heavy atom. The molecule has 3 nitrogen and oxygen atoms in total. The van der Waals surface area contributed by atoms with E-state index in [4.69, 9.17) is 0 Å². The first-order valence-corrected chi connectivity index (χ1v) is 8.19. The number of hydrogen-bond donors (Lipinski definition) is 1. The van der Waals surface area contributed by atoms with Gasteiger partial charge in [0.05, 0.1) is 0 Å². The summed E-state index contributed by atoms with van der Waals surface area (Å²) in [6.07, 6.45) is 8.57. The largest absolute Gasteiger partial charge is 0.340 e. The first kappa shape index (κ1) is 14.8. The van der Waals surface area contributed by atoms with Gasteiger partial charge >= 0.3 is 0 Å². The van der Waals surface area contributed by atoms with Crippen molar-refractivity contribution in [3.63, 3.8) is 0 Å². The van der Waals surface area contributed by atoms with Gasteiger partial charge in [-0.1, -0.05) is 19.3 Å². The second-order valence-corrected chi connectivity index (χ2v) is 6.63. The molecule has 1 unspecified atom stereocenters. The predicted molar refractivity (Wildman–Crippen MR) is 79.0 cm³/mol. The molecule has 0 bridgehead atoms. The van der Waals surface area contributed by atoms with Crippen LogP contribution in [0.4, 0.5) is 0 Å². The number of rotatable bonds is 4. The number of carbonyl (C=O) groups excluding carboxylic acids is 1. The molecule has 1 saturated heterocycles. The average molecular weight is 266 g/mol. The fourth-order valence-corrected chi connectivity index (χ4v) is 3.50. The molecule has 2 rings (SSSR count). The molecule has 110 valence electrons. The molecule has 0 aromatic heterocycles. The van der Waals surface area contributed by atoms with Crippen molar-refractivity contribution in [1.29, 1.82) is 0 Å². The van der Waals surface area contributed by atoms with Crippen molar-refractivity contribution < 1.29 is 4.79 Å². The highest BCUT2D eigenvalue weighted by molar-refractivity contribution is 5.79. The van der Waals surface area contributed by atoms with E-state index in [2.05, 4.69) is 24.1 Å². The second-order valence-electron chi connectivity index (χ2n) is 6.63. The predicted octanol–water partition coefficient (Wildman–Crippen LogP) is 2.80. The van der Waals surface area contributed by atoms with Crippen LogP contribution in [0.3, 0.4) is 0 Å². The van der Waals surface area contributed by atoms with Crippen LogP contribution in [0.15, 0.2) is 0 Å². The maximum absolute atomic E-state index is 12.7. The van der Waals surface area contributed by atoms with Crippen molar-refractivity contribution in [2.75, 3.05) is 19.6 Å². The van der Waals surface area contributed by atoms with Crippen LogP contribution in [-0.4, -0.2) is 36.5 Å². The molecule has 0 radical (unpaired) electrons. The first-order valence-electron chi connectivity index (χ1n) is 8.19. The first-order chi connectivity index (χ1) is 9.18. The number of amides is 1. The Labute approximate surface area is 118 Å². The Kier molecular flexibility index (Phi) is 5.68. The maximum Gasteiger partial charge on any atom is 0.225 e. The van der Waals surface area contributed by atoms with Crippen LogP contribution in [-0.2, 0) is 4.79 Å². The fourth-order valence-electron chi connectivity index (χ4n) is 3.50. The summed E-state index contributed by atoms with van der Waals surface area (Å²) in [6.45, 7) is 7.52. The third-order valence-electron chi connectivity index (χ3n) is 4.71. The number of nitrogens with one attached hydrogen (secondary N) is 1. The molecular weight excluding hydrogens is 236 g/mol. The molecule has 1 atom stereocenters. The molecule has 2 fully saturated rings. The number of nitrogens with zero attached hydrogens (tertiary/aromatic N) is 1. The Morgan fingerprint density at radius 2 is 1.89 bits per heavy atom. The molecule has 2 aliphatic rings. The maximum atomic E-state index is 12.7. The van der Waals surface area contributed by atoms with E-state index in [0.717, 1.165) is 32.5 Å². The van der Waals surface area contributed by atoms with E-state index in [1.807, 2.05) is 0 Å². The zero-order valence-corrected chi connectivity index (χ0v) is 12.7. The summed E-state index contributed by atoms with van der Waals surface area (Å²) in [5.74, 6) is 1.40. The third kappa shape index (κ3) is 4.20. The average Bonchev–Trinajstić information content (AvgIpc) is 2.46. The number of carbonyl (C=O) groups is 1. The van der Waals surface area contributed by atoms with Gasteiger partial charge in [0.15, 0.2) is 0 Å². The summed E-state index contributed by atoms with van der Waals surface area (Å²) >= 11 is 0. The molecule has 0 aromatic rings. The lowest BCUT2D eigenvalue weighted by Crippen LogP contribution is -2.46. The van der Waals surface area contributed by atoms with Crippen LogP contribution < -0.4 is 5.32 Å². The Bertz CT molecular complexity index is 278. The number of piperidine rings is 1. The highest BCUT2D eigenvalue weighted by Gasteiger charge is 2.29. The molecule has 3 heteroatoms. The minimum absolute atomic E-state index is 0.313. The molecule has 1 saturated carbocycles. The normalized spacial score (nSPS) is 25.5. The van der Waals surface area contributed by atoms with Crippen molar-refractivity contribution >= 4 is 5.91 Å². The van der Waals surface area contributed by atoms with E-state index < -0.39 is 0 Å². The van der Waals surface area contributed by atoms with Crippen LogP contribution >= 0.6 is 0 Å². The molecule has 1 aliphatic carbocycles. The topological polar surface area (TPSA) is 32.3 Å². The molecular formula is C16H30N2O. The van der Waals surface area contributed by atoms with Crippen molar-refractivity contribution in [1.82, 2.24) is 10.2 Å². The van der Waals surface area contributed by atoms with Crippen LogP contribution in [0, 0.1) is 11.8 Å². The fraction of sp³-hybridized carbons (Fsp3) is 0.938. The SMILES string of the molecule is CC(C)N(CC1CCCNC1)C(=O)C1CCCCC1. The molecule has 1 aliphatic heterocycles. The summed E-state index contributed by atoms with van der Waals surface area (Å²) in [5, 5.41) is 3.46. The second kappa shape index (κ2) is 7.28. The van der Waals surface area contributed by atoms with Gasteiger partial charge in [0.25, 0.3) is 0 Å². The van der Waals surface area contributed by atoms with Gasteiger partial charge in [0.2, 0.25) is 5.91 Å². The summed E-state index contributed by atoms with van der Waals surface area (Å²) in [6, 6.07) is 0.344. The van der Waals surface area contributed by atoms with Gasteiger partial charge in [-0.15, -0.1) is 0 Å². The van der Waals surface area contributed by atoms with Gasteiger partial charge < -0.3 is 10.2 Å². The lowest BCUT2D eigenvalue weighted by molar-refractivity contribution is -0.139. The molecule has 1 N–H and O–H groups in total.